The van der Waals surface area contributed by atoms with Crippen molar-refractivity contribution in [1.82, 2.24) is 19.7 Å². The van der Waals surface area contributed by atoms with Gasteiger partial charge >= 0.3 is 0 Å². The Labute approximate surface area is 189 Å². The summed E-state index contributed by atoms with van der Waals surface area (Å²) in [5.41, 5.74) is 6.08. The van der Waals surface area contributed by atoms with Gasteiger partial charge in [0.25, 0.3) is 0 Å². The van der Waals surface area contributed by atoms with Crippen molar-refractivity contribution < 1.29 is 4.79 Å². The number of rotatable bonds is 4. The van der Waals surface area contributed by atoms with E-state index in [1.807, 2.05) is 30.7 Å². The van der Waals surface area contributed by atoms with E-state index in [4.69, 9.17) is 0 Å². The second-order valence-electron chi connectivity index (χ2n) is 10.2. The largest absolute Gasteiger partial charge is 0.310 e. The number of amides is 1. The van der Waals surface area contributed by atoms with Crippen LogP contribution < -0.4 is 5.32 Å². The van der Waals surface area contributed by atoms with Crippen molar-refractivity contribution in [2.45, 2.75) is 65.3 Å². The predicted molar refractivity (Wildman–Crippen MR) is 125 cm³/mol. The topological polar surface area (TPSA) is 72.7 Å². The minimum Gasteiger partial charge on any atom is -0.310 e. The molecule has 1 aliphatic carbocycles. The van der Waals surface area contributed by atoms with Crippen molar-refractivity contribution >= 4 is 11.7 Å². The van der Waals surface area contributed by atoms with Crippen LogP contribution in [0.4, 0.5) is 5.82 Å². The Morgan fingerprint density at radius 3 is 2.88 bits per heavy atom. The highest BCUT2D eigenvalue weighted by Gasteiger charge is 2.32. The third kappa shape index (κ3) is 4.06. The monoisotopic (exact) mass is 429 g/mol. The number of carbonyl (C=O) groups excluding carboxylic acids is 1. The number of hydrogen-bond acceptors (Lipinski definition) is 4. The normalized spacial score (nSPS) is 21.8. The van der Waals surface area contributed by atoms with Crippen LogP contribution in [0.25, 0.3) is 11.1 Å². The van der Waals surface area contributed by atoms with Gasteiger partial charge in [-0.05, 0) is 72.8 Å². The van der Waals surface area contributed by atoms with E-state index < -0.39 is 0 Å². The molecule has 0 radical (unpaired) electrons. The van der Waals surface area contributed by atoms with Crippen LogP contribution in [0, 0.1) is 18.3 Å². The first-order valence-corrected chi connectivity index (χ1v) is 11.6. The molecule has 1 aliphatic heterocycles. The zero-order valence-corrected chi connectivity index (χ0v) is 19.1. The zero-order chi connectivity index (χ0) is 22.3. The van der Waals surface area contributed by atoms with Gasteiger partial charge in [0.05, 0.1) is 6.20 Å². The fraction of sp³-hybridized carbons (Fsp3) is 0.462. The van der Waals surface area contributed by atoms with E-state index in [1.165, 1.54) is 11.3 Å². The van der Waals surface area contributed by atoms with Gasteiger partial charge in [0.1, 0.15) is 5.82 Å². The Balaban J connectivity index is 1.33. The maximum Gasteiger partial charge on any atom is 0.228 e. The number of hydrogen-bond donors (Lipinski definition) is 1. The molecule has 32 heavy (non-hydrogen) atoms. The molecule has 0 unspecified atom stereocenters. The molecule has 0 bridgehead atoms. The Morgan fingerprint density at radius 2 is 2.06 bits per heavy atom. The van der Waals surface area contributed by atoms with Gasteiger partial charge in [0.2, 0.25) is 5.91 Å². The summed E-state index contributed by atoms with van der Waals surface area (Å²) in [4.78, 5) is 21.9. The molecule has 5 rings (SSSR count). The molecule has 1 N–H and O–H groups in total. The molecule has 3 aromatic rings. The van der Waals surface area contributed by atoms with Crippen LogP contribution in [-0.2, 0) is 17.8 Å². The van der Waals surface area contributed by atoms with E-state index in [-0.39, 0.29) is 17.2 Å². The molecule has 166 valence electrons. The smallest absolute Gasteiger partial charge is 0.228 e. The van der Waals surface area contributed by atoms with E-state index >= 15 is 0 Å². The van der Waals surface area contributed by atoms with Crippen molar-refractivity contribution in [1.29, 1.82) is 0 Å². The Morgan fingerprint density at radius 1 is 1.19 bits per heavy atom. The standard InChI is InChI=1S/C26H31N5O/c1-17-13-28-24(11-21(17)22-15-29-31-16-26(2,3)12-23(22)31)30-25(32)19-7-4-6-18(10-19)20-8-5-9-27-14-20/h5,8-9,11,13-15,18-19H,4,6-7,10,12,16H2,1-3H3,(H,28,30,32)/t18-,19-/m0/s1. The third-order valence-electron chi connectivity index (χ3n) is 7.02. The van der Waals surface area contributed by atoms with Gasteiger partial charge in [-0.3, -0.25) is 14.5 Å². The van der Waals surface area contributed by atoms with Crippen molar-refractivity contribution in [2.24, 2.45) is 11.3 Å². The van der Waals surface area contributed by atoms with Gasteiger partial charge in [-0.25, -0.2) is 4.98 Å². The molecule has 2 atom stereocenters. The fourth-order valence-corrected chi connectivity index (χ4v) is 5.33. The lowest BCUT2D eigenvalue weighted by molar-refractivity contribution is -0.120. The van der Waals surface area contributed by atoms with E-state index in [9.17, 15) is 4.79 Å². The zero-order valence-electron chi connectivity index (χ0n) is 19.1. The molecule has 1 saturated carbocycles. The molecule has 0 aromatic carbocycles. The molecular weight excluding hydrogens is 398 g/mol. The number of aromatic nitrogens is 4. The maximum absolute atomic E-state index is 13.1. The van der Waals surface area contributed by atoms with Gasteiger partial charge in [0.15, 0.2) is 0 Å². The number of fused-ring (bicyclic) bond motifs is 1. The summed E-state index contributed by atoms with van der Waals surface area (Å²) in [6.45, 7) is 7.56. The van der Waals surface area contributed by atoms with E-state index in [0.717, 1.165) is 55.3 Å². The summed E-state index contributed by atoms with van der Waals surface area (Å²) in [5, 5.41) is 7.72. The van der Waals surface area contributed by atoms with Crippen LogP contribution in [0.1, 0.15) is 62.3 Å². The number of pyridine rings is 2. The number of nitrogens with one attached hydrogen (secondary N) is 1. The van der Waals surface area contributed by atoms with Crippen LogP contribution in [0.2, 0.25) is 0 Å². The first-order valence-electron chi connectivity index (χ1n) is 11.6. The molecular formula is C26H31N5O. The molecule has 6 nitrogen and oxygen atoms in total. The minimum absolute atomic E-state index is 0.00158. The van der Waals surface area contributed by atoms with Crippen molar-refractivity contribution in [3.8, 4) is 11.1 Å². The lowest BCUT2D eigenvalue weighted by Gasteiger charge is -2.28. The quantitative estimate of drug-likeness (QED) is 0.623. The summed E-state index contributed by atoms with van der Waals surface area (Å²) in [6, 6.07) is 6.11. The lowest BCUT2D eigenvalue weighted by Crippen LogP contribution is -2.27. The predicted octanol–water partition coefficient (Wildman–Crippen LogP) is 5.14. The molecule has 1 fully saturated rings. The Bertz CT molecular complexity index is 1130. The van der Waals surface area contributed by atoms with Crippen LogP contribution >= 0.6 is 0 Å². The van der Waals surface area contributed by atoms with Gasteiger partial charge in [-0.2, -0.15) is 5.10 Å². The average molecular weight is 430 g/mol. The lowest BCUT2D eigenvalue weighted by atomic mass is 9.78. The SMILES string of the molecule is Cc1cnc(NC(=O)[C@H]2CCC[C@H](c3cccnc3)C2)cc1-c1cnn2c1CC(C)(C)C2. The molecule has 1 amide bonds. The maximum atomic E-state index is 13.1. The van der Waals surface area contributed by atoms with Gasteiger partial charge in [-0.1, -0.05) is 26.3 Å². The van der Waals surface area contributed by atoms with E-state index in [2.05, 4.69) is 51.9 Å². The van der Waals surface area contributed by atoms with Gasteiger partial charge in [-0.15, -0.1) is 0 Å². The first-order chi connectivity index (χ1) is 15.4. The van der Waals surface area contributed by atoms with Gasteiger partial charge in [0, 0.05) is 42.3 Å². The number of aryl methyl sites for hydroxylation is 1. The molecule has 0 spiro atoms. The van der Waals surface area contributed by atoms with Crippen LogP contribution in [0.5, 0.6) is 0 Å². The molecule has 3 aromatic heterocycles. The Hall–Kier alpha value is -3.02. The van der Waals surface area contributed by atoms with Crippen LogP contribution in [0.3, 0.4) is 0 Å². The van der Waals surface area contributed by atoms with E-state index in [0.29, 0.717) is 11.7 Å². The summed E-state index contributed by atoms with van der Waals surface area (Å²) in [6.07, 6.45) is 12.5. The molecule has 0 saturated heterocycles. The highest BCUT2D eigenvalue weighted by Crippen LogP contribution is 2.39. The number of carbonyl (C=O) groups is 1. The first kappa shape index (κ1) is 20.9. The van der Waals surface area contributed by atoms with E-state index in [1.54, 1.807) is 6.20 Å². The summed E-state index contributed by atoms with van der Waals surface area (Å²) < 4.78 is 2.12. The van der Waals surface area contributed by atoms with Crippen molar-refractivity contribution in [2.75, 3.05) is 5.32 Å². The highest BCUT2D eigenvalue weighted by atomic mass is 16.1. The van der Waals surface area contributed by atoms with Crippen molar-refractivity contribution in [3.05, 3.63) is 59.8 Å². The second kappa shape index (κ2) is 8.15. The minimum atomic E-state index is 0.00158. The molecule has 6 heteroatoms. The number of anilines is 1. The Kier molecular flexibility index (Phi) is 5.31. The van der Waals surface area contributed by atoms with Crippen molar-refractivity contribution in [3.63, 3.8) is 0 Å². The summed E-state index contributed by atoms with van der Waals surface area (Å²) in [7, 11) is 0. The van der Waals surface area contributed by atoms with Crippen LogP contribution in [0.15, 0.2) is 43.0 Å². The highest BCUT2D eigenvalue weighted by molar-refractivity contribution is 5.92. The number of nitrogens with zero attached hydrogens (tertiary/aromatic N) is 4. The second-order valence-corrected chi connectivity index (χ2v) is 10.2. The summed E-state index contributed by atoms with van der Waals surface area (Å²) in [5.74, 6) is 1.09. The van der Waals surface area contributed by atoms with Gasteiger partial charge < -0.3 is 5.32 Å². The third-order valence-corrected chi connectivity index (χ3v) is 7.02. The fourth-order valence-electron chi connectivity index (χ4n) is 5.33. The average Bonchev–Trinajstić information content (AvgIpc) is 3.30. The summed E-state index contributed by atoms with van der Waals surface area (Å²) >= 11 is 0. The molecule has 4 heterocycles. The van der Waals surface area contributed by atoms with Crippen LogP contribution in [-0.4, -0.2) is 25.7 Å². The molecule has 2 aliphatic rings.